The van der Waals surface area contributed by atoms with Crippen LogP contribution in [0.25, 0.3) is 26.5 Å². The van der Waals surface area contributed by atoms with Crippen molar-refractivity contribution in [2.75, 3.05) is 40.5 Å². The number of hydrogen-bond acceptors (Lipinski definition) is 12. The molecular weight excluding hydrogens is 664 g/mol. The zero-order valence-electron chi connectivity index (χ0n) is 26.9. The highest BCUT2D eigenvalue weighted by Gasteiger charge is 2.26. The lowest BCUT2D eigenvalue weighted by Crippen LogP contribution is -2.39. The minimum atomic E-state index is -0.871. The largest absolute Gasteiger partial charge is 0.480 e. The predicted molar refractivity (Wildman–Crippen MR) is 179 cm³/mol. The van der Waals surface area contributed by atoms with Gasteiger partial charge in [-0.1, -0.05) is 18.2 Å². The summed E-state index contributed by atoms with van der Waals surface area (Å²) in [6.45, 7) is -0.258. The Bertz CT molecular complexity index is 2130. The first-order valence-corrected chi connectivity index (χ1v) is 15.1. The van der Waals surface area contributed by atoms with Crippen LogP contribution in [0.1, 0.15) is 11.1 Å². The molecular formula is C31H31F2N9O6S. The van der Waals surface area contributed by atoms with Gasteiger partial charge in [0.1, 0.15) is 23.6 Å². The molecule has 0 aliphatic carbocycles. The van der Waals surface area contributed by atoms with Crippen LogP contribution in [0, 0.1) is 17.0 Å². The number of halogens is 2. The van der Waals surface area contributed by atoms with Crippen molar-refractivity contribution >= 4 is 39.3 Å². The lowest BCUT2D eigenvalue weighted by Gasteiger charge is -2.21. The Morgan fingerprint density at radius 1 is 1.00 bits per heavy atom. The highest BCUT2D eigenvalue weighted by atomic mass is 32.1. The second kappa shape index (κ2) is 14.6. The first-order chi connectivity index (χ1) is 23.5. The fraction of sp³-hybridized carbons (Fsp3) is 0.226. The van der Waals surface area contributed by atoms with Gasteiger partial charge in [-0.3, -0.25) is 14.2 Å². The van der Waals surface area contributed by atoms with Crippen LogP contribution in [0.4, 0.5) is 14.5 Å². The number of hydrogen-bond donors (Lipinski definition) is 2. The molecule has 15 nitrogen and oxygen atoms in total. The molecule has 0 saturated carbocycles. The third kappa shape index (κ3) is 6.96. The molecule has 0 aliphatic heterocycles. The number of nitrogens with two attached hydrogens (primary N) is 1. The molecule has 0 atom stereocenters. The van der Waals surface area contributed by atoms with E-state index in [2.05, 4.69) is 20.2 Å². The highest BCUT2D eigenvalue weighted by Crippen LogP contribution is 2.38. The number of benzene rings is 2. The van der Waals surface area contributed by atoms with Crippen LogP contribution in [-0.4, -0.2) is 71.7 Å². The van der Waals surface area contributed by atoms with Crippen LogP contribution in [0.2, 0.25) is 0 Å². The maximum atomic E-state index is 15.0. The van der Waals surface area contributed by atoms with E-state index in [1.54, 1.807) is 24.3 Å². The predicted octanol–water partition coefficient (Wildman–Crippen LogP) is 3.26. The van der Waals surface area contributed by atoms with E-state index in [4.69, 9.17) is 25.5 Å². The number of rotatable bonds is 10. The molecule has 0 bridgehead atoms. The van der Waals surface area contributed by atoms with Crippen molar-refractivity contribution in [2.24, 2.45) is 10.9 Å². The molecule has 3 N–H and O–H groups in total. The van der Waals surface area contributed by atoms with Gasteiger partial charge in [-0.05, 0) is 60.7 Å². The summed E-state index contributed by atoms with van der Waals surface area (Å²) >= 11 is 1.12. The fourth-order valence-corrected chi connectivity index (χ4v) is 6.30. The van der Waals surface area contributed by atoms with E-state index in [9.17, 15) is 18.4 Å². The summed E-state index contributed by atoms with van der Waals surface area (Å²) in [7, 11) is 7.62. The SMILES string of the molecule is CON=C(N)OC(=N)N(OC)c1ccc(-c2sc3c(c2CN(C)C)c(=O)n(-c2ccc(OC)nn2)c(=O)n3Cc2c(F)cccc2F)cc1. The Morgan fingerprint density at radius 2 is 1.69 bits per heavy atom. The molecule has 5 rings (SSSR count). The van der Waals surface area contributed by atoms with E-state index in [-0.39, 0.29) is 34.0 Å². The Morgan fingerprint density at radius 3 is 2.27 bits per heavy atom. The number of fused-ring (bicyclic) bond motifs is 1. The molecule has 0 fully saturated rings. The number of oxime groups is 1. The minimum absolute atomic E-state index is 0.103. The number of amidine groups is 2. The molecule has 5 aromatic rings. The first kappa shape index (κ1) is 34.6. The number of ether oxygens (including phenoxy) is 2. The molecule has 256 valence electrons. The second-order valence-corrected chi connectivity index (χ2v) is 11.5. The Labute approximate surface area is 281 Å². The average molecular weight is 696 g/mol. The summed E-state index contributed by atoms with van der Waals surface area (Å²) in [5.74, 6) is -1.65. The molecule has 3 heterocycles. The van der Waals surface area contributed by atoms with Crippen LogP contribution < -0.4 is 26.8 Å². The smallest absolute Gasteiger partial charge is 0.338 e. The first-order valence-electron chi connectivity index (χ1n) is 14.3. The molecule has 3 aromatic heterocycles. The van der Waals surface area contributed by atoms with Gasteiger partial charge in [0.15, 0.2) is 5.82 Å². The van der Waals surface area contributed by atoms with Gasteiger partial charge in [0.25, 0.3) is 5.56 Å². The Balaban J connectivity index is 1.74. The lowest BCUT2D eigenvalue weighted by atomic mass is 10.1. The number of anilines is 1. The maximum absolute atomic E-state index is 15.0. The molecule has 0 amide bonds. The molecule has 0 aliphatic rings. The maximum Gasteiger partial charge on any atom is 0.338 e. The lowest BCUT2D eigenvalue weighted by molar-refractivity contribution is 0.185. The van der Waals surface area contributed by atoms with Crippen LogP contribution in [0.5, 0.6) is 5.88 Å². The standard InChI is InChI=1S/C31H31F2N9O6S/c1-39(2)15-20-25-27(43)41(23-13-14-24(45-3)37-36-23)31(44)40(16-19-21(32)7-6-8-22(19)33)28(25)49-26(20)17-9-11-18(12-10-17)42(47-5)30(35)48-29(34)38-46-4/h6-14,35H,15-16H2,1-5H3,(H2,34,38). The zero-order chi connectivity index (χ0) is 35.4. The third-order valence-corrected chi connectivity index (χ3v) is 8.41. The average Bonchev–Trinajstić information content (AvgIpc) is 3.43. The number of nitrogens with one attached hydrogen (secondary N) is 1. The summed E-state index contributed by atoms with van der Waals surface area (Å²) in [6.07, 6.45) is 0. The van der Waals surface area contributed by atoms with Gasteiger partial charge in [0.2, 0.25) is 5.88 Å². The fourth-order valence-electron chi connectivity index (χ4n) is 5.00. The van der Waals surface area contributed by atoms with Crippen molar-refractivity contribution < 1.29 is 27.9 Å². The van der Waals surface area contributed by atoms with E-state index < -0.39 is 41.5 Å². The van der Waals surface area contributed by atoms with Crippen molar-refractivity contribution in [3.8, 4) is 22.1 Å². The van der Waals surface area contributed by atoms with E-state index >= 15 is 0 Å². The Hall–Kier alpha value is -5.72. The van der Waals surface area contributed by atoms with Gasteiger partial charge in [-0.25, -0.2) is 23.6 Å². The number of methoxy groups -OCH3 is 1. The van der Waals surface area contributed by atoms with Crippen molar-refractivity contribution in [1.82, 2.24) is 24.2 Å². The highest BCUT2D eigenvalue weighted by molar-refractivity contribution is 7.22. The summed E-state index contributed by atoms with van der Waals surface area (Å²) in [5.41, 5.74) is 5.24. The summed E-state index contributed by atoms with van der Waals surface area (Å²) in [5, 5.41) is 20.8. The van der Waals surface area contributed by atoms with E-state index in [0.29, 0.717) is 21.7 Å². The van der Waals surface area contributed by atoms with Crippen LogP contribution >= 0.6 is 11.3 Å². The van der Waals surface area contributed by atoms with E-state index in [1.165, 1.54) is 39.5 Å². The molecule has 2 aromatic carbocycles. The molecule has 49 heavy (non-hydrogen) atoms. The summed E-state index contributed by atoms with van der Waals surface area (Å²) in [4.78, 5) is 40.9. The van der Waals surface area contributed by atoms with Crippen molar-refractivity contribution in [2.45, 2.75) is 13.1 Å². The summed E-state index contributed by atoms with van der Waals surface area (Å²) in [6, 6.07) is 12.0. The van der Waals surface area contributed by atoms with E-state index in [0.717, 1.165) is 37.7 Å². The third-order valence-electron chi connectivity index (χ3n) is 7.10. The summed E-state index contributed by atoms with van der Waals surface area (Å²) < 4.78 is 42.1. The number of nitrogens with zero attached hydrogens (tertiary/aromatic N) is 7. The topological polar surface area (TPSA) is 175 Å². The van der Waals surface area contributed by atoms with Crippen LogP contribution in [0.15, 0.2) is 69.3 Å². The van der Waals surface area contributed by atoms with Gasteiger partial charge in [-0.15, -0.1) is 21.5 Å². The van der Waals surface area contributed by atoms with Crippen LogP contribution in [0.3, 0.4) is 0 Å². The normalized spacial score (nSPS) is 11.6. The molecule has 18 heteroatoms. The van der Waals surface area contributed by atoms with Crippen LogP contribution in [-0.2, 0) is 27.5 Å². The van der Waals surface area contributed by atoms with Gasteiger partial charge >= 0.3 is 17.7 Å². The molecule has 0 radical (unpaired) electrons. The molecule has 0 saturated heterocycles. The minimum Gasteiger partial charge on any atom is -0.480 e. The van der Waals surface area contributed by atoms with Gasteiger partial charge in [0.05, 0.1) is 31.8 Å². The number of aromatic nitrogens is 4. The van der Waals surface area contributed by atoms with Gasteiger partial charge in [-0.2, -0.15) is 5.06 Å². The second-order valence-electron chi connectivity index (χ2n) is 10.5. The number of thiophene rings is 1. The molecule has 0 unspecified atom stereocenters. The quantitative estimate of drug-likeness (QED) is 0.125. The molecule has 0 spiro atoms. The van der Waals surface area contributed by atoms with Gasteiger partial charge in [0, 0.05) is 23.1 Å². The monoisotopic (exact) mass is 695 g/mol. The zero-order valence-corrected chi connectivity index (χ0v) is 27.7. The van der Waals surface area contributed by atoms with Crippen molar-refractivity contribution in [1.29, 1.82) is 5.41 Å². The van der Waals surface area contributed by atoms with Crippen molar-refractivity contribution in [3.05, 3.63) is 98.2 Å². The number of hydroxylamine groups is 1. The van der Waals surface area contributed by atoms with Crippen molar-refractivity contribution in [3.63, 3.8) is 0 Å². The Kier molecular flexibility index (Phi) is 10.3. The van der Waals surface area contributed by atoms with E-state index in [1.807, 2.05) is 19.0 Å². The van der Waals surface area contributed by atoms with Gasteiger partial charge < -0.3 is 24.9 Å².